The van der Waals surface area contributed by atoms with Crippen LogP contribution >= 0.6 is 0 Å². The first-order chi connectivity index (χ1) is 20.9. The van der Waals surface area contributed by atoms with Gasteiger partial charge < -0.3 is 15.0 Å². The first kappa shape index (κ1) is 29.5. The Balaban J connectivity index is 1.33. The summed E-state index contributed by atoms with van der Waals surface area (Å²) in [5, 5.41) is 3.07. The Hall–Kier alpha value is -3.55. The number of ether oxygens (including phenoxy) is 1. The number of carbonyl (C=O) groups excluding carboxylic acids is 1. The van der Waals surface area contributed by atoms with Gasteiger partial charge in [0.1, 0.15) is 0 Å². The van der Waals surface area contributed by atoms with Crippen LogP contribution in [0.5, 0.6) is 0 Å². The number of pyridine rings is 1. The van der Waals surface area contributed by atoms with Gasteiger partial charge in [-0.3, -0.25) is 19.5 Å². The monoisotopic (exact) mass is 580 g/mol. The lowest BCUT2D eigenvalue weighted by molar-refractivity contribution is 0.0342. The average molecular weight is 581 g/mol. The molecule has 7 heteroatoms. The number of nitrogens with zero attached hydrogens (tertiary/aromatic N) is 2. The summed E-state index contributed by atoms with van der Waals surface area (Å²) in [6.45, 7) is 11.5. The van der Waals surface area contributed by atoms with Gasteiger partial charge in [0.15, 0.2) is 0 Å². The van der Waals surface area contributed by atoms with Gasteiger partial charge in [-0.1, -0.05) is 62.9 Å². The number of aliphatic imine (C=N–C) groups is 1. The minimum absolute atomic E-state index is 0.155. The molecule has 2 unspecified atom stereocenters. The Morgan fingerprint density at radius 1 is 1.05 bits per heavy atom. The van der Waals surface area contributed by atoms with Crippen LogP contribution in [0.15, 0.2) is 52.3 Å². The smallest absolute Gasteiger partial charge is 0.253 e. The number of aromatic nitrogens is 1. The van der Waals surface area contributed by atoms with E-state index in [1.54, 1.807) is 0 Å². The summed E-state index contributed by atoms with van der Waals surface area (Å²) in [6.07, 6.45) is 7.05. The zero-order valence-electron chi connectivity index (χ0n) is 25.7. The van der Waals surface area contributed by atoms with Gasteiger partial charge in [0.05, 0.1) is 13.2 Å². The SMILES string of the molecule is Cc1cc(C)c(CNC(=O)c2cc(-c3ccc(CN4CCOCC4)cc3)cc3c2C=NCC(C2CCCC2)C3C)c(=O)[nH]1. The van der Waals surface area contributed by atoms with Crippen LogP contribution in [0.25, 0.3) is 11.1 Å². The van der Waals surface area contributed by atoms with Gasteiger partial charge in [-0.05, 0) is 71.6 Å². The zero-order valence-corrected chi connectivity index (χ0v) is 25.7. The molecule has 0 radical (unpaired) electrons. The predicted molar refractivity (Wildman–Crippen MR) is 172 cm³/mol. The molecule has 2 aromatic carbocycles. The number of carbonyl (C=O) groups is 1. The van der Waals surface area contributed by atoms with Gasteiger partial charge >= 0.3 is 0 Å². The number of H-pyrrole nitrogens is 1. The lowest BCUT2D eigenvalue weighted by Crippen LogP contribution is -2.35. The first-order valence-corrected chi connectivity index (χ1v) is 15.9. The van der Waals surface area contributed by atoms with E-state index in [-0.39, 0.29) is 23.9 Å². The molecule has 1 saturated heterocycles. The van der Waals surface area contributed by atoms with Gasteiger partial charge in [0.25, 0.3) is 11.5 Å². The van der Waals surface area contributed by atoms with Crippen LogP contribution in [-0.2, 0) is 17.8 Å². The Bertz CT molecular complexity index is 1550. The van der Waals surface area contributed by atoms with Gasteiger partial charge in [-0.25, -0.2) is 0 Å². The zero-order chi connectivity index (χ0) is 29.9. The third-order valence-electron chi connectivity index (χ3n) is 9.85. The Labute approximate surface area is 254 Å². The molecule has 7 nitrogen and oxygen atoms in total. The van der Waals surface area contributed by atoms with E-state index in [0.29, 0.717) is 23.0 Å². The van der Waals surface area contributed by atoms with Crippen molar-refractivity contribution >= 4 is 12.1 Å². The summed E-state index contributed by atoms with van der Waals surface area (Å²) >= 11 is 0. The maximum atomic E-state index is 13.9. The summed E-state index contributed by atoms with van der Waals surface area (Å²) in [7, 11) is 0. The van der Waals surface area contributed by atoms with Crippen molar-refractivity contribution < 1.29 is 9.53 Å². The number of aromatic amines is 1. The fraction of sp³-hybridized carbons (Fsp3) is 0.472. The predicted octanol–water partition coefficient (Wildman–Crippen LogP) is 5.76. The highest BCUT2D eigenvalue weighted by Gasteiger charge is 2.33. The quantitative estimate of drug-likeness (QED) is 0.372. The van der Waals surface area contributed by atoms with Crippen molar-refractivity contribution in [2.45, 2.75) is 65.5 Å². The molecule has 1 aliphatic carbocycles. The summed E-state index contributed by atoms with van der Waals surface area (Å²) in [4.78, 5) is 36.7. The normalized spacial score (nSPS) is 21.0. The number of fused-ring (bicyclic) bond motifs is 1. The average Bonchev–Trinajstić information content (AvgIpc) is 3.48. The van der Waals surface area contributed by atoms with E-state index in [4.69, 9.17) is 9.73 Å². The number of hydrogen-bond donors (Lipinski definition) is 2. The van der Waals surface area contributed by atoms with Crippen LogP contribution in [0.4, 0.5) is 0 Å². The molecular formula is C36H44N4O3. The third-order valence-corrected chi connectivity index (χ3v) is 9.85. The lowest BCUT2D eigenvalue weighted by Gasteiger charge is -2.28. The van der Waals surface area contributed by atoms with E-state index >= 15 is 0 Å². The van der Waals surface area contributed by atoms with Crippen LogP contribution in [0.2, 0.25) is 0 Å². The van der Waals surface area contributed by atoms with Crippen LogP contribution in [0.3, 0.4) is 0 Å². The molecule has 43 heavy (non-hydrogen) atoms. The molecule has 0 spiro atoms. The molecule has 1 aromatic heterocycles. The second kappa shape index (κ2) is 13.0. The minimum atomic E-state index is -0.181. The van der Waals surface area contributed by atoms with Crippen molar-refractivity contribution in [3.63, 3.8) is 0 Å². The van der Waals surface area contributed by atoms with Crippen molar-refractivity contribution in [3.8, 4) is 11.1 Å². The van der Waals surface area contributed by atoms with Crippen molar-refractivity contribution in [3.05, 3.63) is 91.9 Å². The standard InChI is InChI=1S/C36H44N4O3/c1-23-16-24(2)39-36(42)32(23)21-38-35(41)31-18-29(27-10-8-26(9-11-27)22-40-12-14-43-15-13-40)17-30-25(3)33(19-37-20-34(30)31)28-6-4-5-7-28/h8-11,16-18,20,25,28,33H,4-7,12-15,19,21-22H2,1-3H3,(H,38,41)(H,39,42). The molecule has 226 valence electrons. The largest absolute Gasteiger partial charge is 0.379 e. The van der Waals surface area contributed by atoms with Crippen molar-refractivity contribution in [1.29, 1.82) is 0 Å². The van der Waals surface area contributed by atoms with Gasteiger partial charge in [0.2, 0.25) is 0 Å². The van der Waals surface area contributed by atoms with Crippen LogP contribution in [0.1, 0.15) is 82.4 Å². The fourth-order valence-corrected chi connectivity index (χ4v) is 7.33. The minimum Gasteiger partial charge on any atom is -0.379 e. The molecule has 1 saturated carbocycles. The van der Waals surface area contributed by atoms with Crippen LogP contribution < -0.4 is 10.9 Å². The molecule has 2 N–H and O–H groups in total. The first-order valence-electron chi connectivity index (χ1n) is 15.9. The van der Waals surface area contributed by atoms with Crippen molar-refractivity contribution in [2.24, 2.45) is 16.8 Å². The molecular weight excluding hydrogens is 536 g/mol. The van der Waals surface area contributed by atoms with Crippen LogP contribution in [-0.4, -0.2) is 54.9 Å². The van der Waals surface area contributed by atoms with E-state index in [0.717, 1.165) is 67.3 Å². The summed E-state index contributed by atoms with van der Waals surface area (Å²) < 4.78 is 5.51. The molecule has 2 atom stereocenters. The second-order valence-corrected chi connectivity index (χ2v) is 12.7. The highest BCUT2D eigenvalue weighted by molar-refractivity contribution is 6.04. The van der Waals surface area contributed by atoms with E-state index in [2.05, 4.69) is 52.5 Å². The summed E-state index contributed by atoms with van der Waals surface area (Å²) in [5.41, 5.74) is 8.26. The number of morpholine rings is 1. The summed E-state index contributed by atoms with van der Waals surface area (Å²) in [6, 6.07) is 15.0. The van der Waals surface area contributed by atoms with Crippen LogP contribution in [0, 0.1) is 25.7 Å². The van der Waals surface area contributed by atoms with Gasteiger partial charge in [-0.2, -0.15) is 0 Å². The Morgan fingerprint density at radius 3 is 2.51 bits per heavy atom. The number of aryl methyl sites for hydroxylation is 2. The molecule has 2 fully saturated rings. The topological polar surface area (TPSA) is 86.8 Å². The second-order valence-electron chi connectivity index (χ2n) is 12.7. The van der Waals surface area contributed by atoms with E-state index < -0.39 is 0 Å². The number of hydrogen-bond acceptors (Lipinski definition) is 5. The maximum Gasteiger partial charge on any atom is 0.253 e. The van der Waals surface area contributed by atoms with E-state index in [1.807, 2.05) is 32.2 Å². The molecule has 6 rings (SSSR count). The van der Waals surface area contributed by atoms with E-state index in [1.165, 1.54) is 36.8 Å². The number of rotatable bonds is 7. The molecule has 3 aromatic rings. The third kappa shape index (κ3) is 6.53. The maximum absolute atomic E-state index is 13.9. The Morgan fingerprint density at radius 2 is 1.79 bits per heavy atom. The molecule has 0 bridgehead atoms. The number of nitrogens with one attached hydrogen (secondary N) is 2. The lowest BCUT2D eigenvalue weighted by atomic mass is 9.76. The molecule has 2 aliphatic heterocycles. The highest BCUT2D eigenvalue weighted by Crippen LogP contribution is 2.42. The molecule has 1 amide bonds. The Kier molecular flexibility index (Phi) is 8.91. The van der Waals surface area contributed by atoms with Crippen molar-refractivity contribution in [2.75, 3.05) is 32.8 Å². The summed E-state index contributed by atoms with van der Waals surface area (Å²) in [5.74, 6) is 1.25. The number of benzene rings is 2. The van der Waals surface area contributed by atoms with E-state index in [9.17, 15) is 9.59 Å². The highest BCUT2D eigenvalue weighted by atomic mass is 16.5. The number of amides is 1. The molecule has 3 aliphatic rings. The van der Waals surface area contributed by atoms with Gasteiger partial charge in [0, 0.05) is 61.3 Å². The van der Waals surface area contributed by atoms with Crippen molar-refractivity contribution in [1.82, 2.24) is 15.2 Å². The molecule has 3 heterocycles. The van der Waals surface area contributed by atoms with Gasteiger partial charge in [-0.15, -0.1) is 0 Å². The fourth-order valence-electron chi connectivity index (χ4n) is 7.33.